The number of carbonyl (C=O) groups is 3. The molecule has 25 heavy (non-hydrogen) atoms. The number of hydrogen-bond acceptors (Lipinski definition) is 4. The van der Waals surface area contributed by atoms with Crippen LogP contribution in [-0.2, 0) is 16.1 Å². The van der Waals surface area contributed by atoms with E-state index in [4.69, 9.17) is 0 Å². The Kier molecular flexibility index (Phi) is 4.85. The fraction of sp³-hybridized carbons (Fsp3) is 0.167. The Labute approximate surface area is 143 Å². The Bertz CT molecular complexity index is 793. The largest absolute Gasteiger partial charge is 0.287 e. The van der Waals surface area contributed by atoms with Crippen molar-refractivity contribution in [1.82, 2.24) is 15.8 Å². The van der Waals surface area contributed by atoms with Gasteiger partial charge in [0.1, 0.15) is 11.9 Å². The average Bonchev–Trinajstić information content (AvgIpc) is 2.89. The first-order chi connectivity index (χ1) is 12.0. The van der Waals surface area contributed by atoms with Gasteiger partial charge in [-0.05, 0) is 29.8 Å². The lowest BCUT2D eigenvalue weighted by molar-refractivity contribution is -0.139. The third-order valence-corrected chi connectivity index (χ3v) is 3.89. The van der Waals surface area contributed by atoms with Gasteiger partial charge in [0.25, 0.3) is 5.91 Å². The summed E-state index contributed by atoms with van der Waals surface area (Å²) in [6.07, 6.45) is -0.0324. The van der Waals surface area contributed by atoms with Gasteiger partial charge in [0.05, 0.1) is 13.0 Å². The highest BCUT2D eigenvalue weighted by Crippen LogP contribution is 2.16. The van der Waals surface area contributed by atoms with Crippen LogP contribution in [0, 0.1) is 5.82 Å². The Hall–Kier alpha value is -3.06. The van der Waals surface area contributed by atoms with Crippen LogP contribution < -0.4 is 10.9 Å². The molecule has 0 spiro atoms. The van der Waals surface area contributed by atoms with E-state index in [1.165, 1.54) is 24.3 Å². The molecule has 0 saturated carbocycles. The first-order valence-electron chi connectivity index (χ1n) is 7.74. The summed E-state index contributed by atoms with van der Waals surface area (Å²) in [6.45, 7) is 0.197. The fourth-order valence-corrected chi connectivity index (χ4v) is 2.55. The van der Waals surface area contributed by atoms with E-state index in [0.29, 0.717) is 0 Å². The van der Waals surface area contributed by atoms with Gasteiger partial charge in [0, 0.05) is 5.56 Å². The number of carbonyl (C=O) groups excluding carboxylic acids is 3. The maximum atomic E-state index is 12.9. The molecule has 6 nitrogen and oxygen atoms in total. The highest BCUT2D eigenvalue weighted by Gasteiger charge is 2.38. The predicted molar refractivity (Wildman–Crippen MR) is 87.4 cm³/mol. The van der Waals surface area contributed by atoms with Crippen molar-refractivity contribution < 1.29 is 18.8 Å². The van der Waals surface area contributed by atoms with Crippen molar-refractivity contribution in [3.8, 4) is 0 Å². The van der Waals surface area contributed by atoms with Gasteiger partial charge in [-0.2, -0.15) is 0 Å². The fourth-order valence-electron chi connectivity index (χ4n) is 2.55. The van der Waals surface area contributed by atoms with Crippen molar-refractivity contribution in [1.29, 1.82) is 0 Å². The maximum Gasteiger partial charge on any atom is 0.265 e. The second-order valence-corrected chi connectivity index (χ2v) is 5.67. The minimum absolute atomic E-state index is 0.0324. The monoisotopic (exact) mass is 341 g/mol. The molecule has 3 rings (SSSR count). The molecule has 1 aliphatic rings. The molecule has 1 atom stereocenters. The zero-order valence-corrected chi connectivity index (χ0v) is 13.2. The highest BCUT2D eigenvalue weighted by molar-refractivity contribution is 6.05. The Morgan fingerprint density at radius 3 is 2.44 bits per heavy atom. The molecule has 1 saturated heterocycles. The van der Waals surface area contributed by atoms with Gasteiger partial charge in [-0.3, -0.25) is 24.7 Å². The molecule has 1 heterocycles. The van der Waals surface area contributed by atoms with E-state index in [1.807, 2.05) is 30.3 Å². The van der Waals surface area contributed by atoms with Crippen LogP contribution in [0.25, 0.3) is 0 Å². The zero-order chi connectivity index (χ0) is 17.8. The lowest BCUT2D eigenvalue weighted by Gasteiger charge is -2.16. The standard InChI is InChI=1S/C18H16FN3O3/c19-14-8-6-13(7-9-14)17(24)21-20-15-10-16(23)22(18(15)25)11-12-4-2-1-3-5-12/h1-9,15,20H,10-11H2,(H,21,24)/t15-/m1/s1. The highest BCUT2D eigenvalue weighted by atomic mass is 19.1. The number of nitrogens with zero attached hydrogens (tertiary/aromatic N) is 1. The first kappa shape index (κ1) is 16.8. The van der Waals surface area contributed by atoms with Gasteiger partial charge in [0.15, 0.2) is 0 Å². The summed E-state index contributed by atoms with van der Waals surface area (Å²) >= 11 is 0. The smallest absolute Gasteiger partial charge is 0.265 e. The molecule has 1 aliphatic heterocycles. The summed E-state index contributed by atoms with van der Waals surface area (Å²) in [4.78, 5) is 37.5. The van der Waals surface area contributed by atoms with Crippen LogP contribution in [0.5, 0.6) is 0 Å². The van der Waals surface area contributed by atoms with Crippen LogP contribution in [0.4, 0.5) is 4.39 Å². The number of nitrogens with one attached hydrogen (secondary N) is 2. The lowest BCUT2D eigenvalue weighted by atomic mass is 10.2. The molecule has 0 aliphatic carbocycles. The van der Waals surface area contributed by atoms with Crippen molar-refractivity contribution in [3.05, 3.63) is 71.5 Å². The SMILES string of the molecule is O=C(NN[C@@H]1CC(=O)N(Cc2ccccc2)C1=O)c1ccc(F)cc1. The second kappa shape index (κ2) is 7.23. The van der Waals surface area contributed by atoms with Crippen molar-refractivity contribution in [2.75, 3.05) is 0 Å². The number of amides is 3. The van der Waals surface area contributed by atoms with E-state index in [2.05, 4.69) is 10.9 Å². The summed E-state index contributed by atoms with van der Waals surface area (Å²) in [5.74, 6) is -1.66. The lowest BCUT2D eigenvalue weighted by Crippen LogP contribution is -2.48. The number of hydrazine groups is 1. The third kappa shape index (κ3) is 3.89. The number of imide groups is 1. The number of hydrogen-bond donors (Lipinski definition) is 2. The molecular weight excluding hydrogens is 325 g/mol. The van der Waals surface area contributed by atoms with Gasteiger partial charge < -0.3 is 0 Å². The summed E-state index contributed by atoms with van der Waals surface area (Å²) in [5.41, 5.74) is 6.06. The molecule has 2 N–H and O–H groups in total. The molecule has 7 heteroatoms. The molecule has 128 valence electrons. The number of halogens is 1. The predicted octanol–water partition coefficient (Wildman–Crippen LogP) is 1.39. The molecule has 3 amide bonds. The van der Waals surface area contributed by atoms with Crippen LogP contribution in [0.2, 0.25) is 0 Å². The van der Waals surface area contributed by atoms with E-state index < -0.39 is 23.7 Å². The van der Waals surface area contributed by atoms with Crippen LogP contribution in [-0.4, -0.2) is 28.7 Å². The average molecular weight is 341 g/mol. The minimum atomic E-state index is -0.819. The van der Waals surface area contributed by atoms with Crippen LogP contribution in [0.15, 0.2) is 54.6 Å². The molecule has 0 radical (unpaired) electrons. The van der Waals surface area contributed by atoms with Crippen LogP contribution in [0.1, 0.15) is 22.3 Å². The van der Waals surface area contributed by atoms with Crippen molar-refractivity contribution in [2.45, 2.75) is 19.0 Å². The minimum Gasteiger partial charge on any atom is -0.287 e. The van der Waals surface area contributed by atoms with Gasteiger partial charge >= 0.3 is 0 Å². The van der Waals surface area contributed by atoms with E-state index >= 15 is 0 Å². The zero-order valence-electron chi connectivity index (χ0n) is 13.2. The van der Waals surface area contributed by atoms with Crippen LogP contribution >= 0.6 is 0 Å². The number of rotatable bonds is 5. The normalized spacial score (nSPS) is 17.0. The van der Waals surface area contributed by atoms with Gasteiger partial charge in [-0.15, -0.1) is 0 Å². The summed E-state index contributed by atoms with van der Waals surface area (Å²) in [5, 5.41) is 0. The van der Waals surface area contributed by atoms with E-state index in [0.717, 1.165) is 10.5 Å². The molecule has 2 aromatic carbocycles. The Morgan fingerprint density at radius 1 is 1.08 bits per heavy atom. The first-order valence-corrected chi connectivity index (χ1v) is 7.74. The quantitative estimate of drug-likeness (QED) is 0.636. The second-order valence-electron chi connectivity index (χ2n) is 5.67. The van der Waals surface area contributed by atoms with Crippen LogP contribution in [0.3, 0.4) is 0 Å². The van der Waals surface area contributed by atoms with Gasteiger partial charge in [-0.1, -0.05) is 30.3 Å². The van der Waals surface area contributed by atoms with Gasteiger partial charge in [-0.25, -0.2) is 9.82 Å². The van der Waals surface area contributed by atoms with Crippen molar-refractivity contribution >= 4 is 17.7 Å². The Balaban J connectivity index is 1.58. The topological polar surface area (TPSA) is 78.5 Å². The van der Waals surface area contributed by atoms with E-state index in [-0.39, 0.29) is 24.4 Å². The Morgan fingerprint density at radius 2 is 1.76 bits per heavy atom. The van der Waals surface area contributed by atoms with Crippen molar-refractivity contribution in [3.63, 3.8) is 0 Å². The molecule has 2 aromatic rings. The summed E-state index contributed by atoms with van der Waals surface area (Å²) in [6, 6.07) is 13.4. The van der Waals surface area contributed by atoms with Gasteiger partial charge in [0.2, 0.25) is 11.8 Å². The molecule has 1 fully saturated rings. The van der Waals surface area contributed by atoms with E-state index in [9.17, 15) is 18.8 Å². The molecular formula is C18H16FN3O3. The summed E-state index contributed by atoms with van der Waals surface area (Å²) in [7, 11) is 0. The summed E-state index contributed by atoms with van der Waals surface area (Å²) < 4.78 is 12.9. The third-order valence-electron chi connectivity index (χ3n) is 3.89. The molecule has 0 unspecified atom stereocenters. The number of benzene rings is 2. The maximum absolute atomic E-state index is 12.9. The molecule has 0 aromatic heterocycles. The number of likely N-dealkylation sites (tertiary alicyclic amines) is 1. The molecule has 0 bridgehead atoms. The van der Waals surface area contributed by atoms with E-state index in [1.54, 1.807) is 0 Å². The van der Waals surface area contributed by atoms with Crippen molar-refractivity contribution in [2.24, 2.45) is 0 Å².